The molecule has 1 aliphatic rings. The summed E-state index contributed by atoms with van der Waals surface area (Å²) in [6, 6.07) is 7.85. The van der Waals surface area contributed by atoms with E-state index in [0.29, 0.717) is 18.1 Å². The van der Waals surface area contributed by atoms with Gasteiger partial charge < -0.3 is 0 Å². The second-order valence-corrected chi connectivity index (χ2v) is 4.26. The lowest BCUT2D eigenvalue weighted by Crippen LogP contribution is -2.13. The van der Waals surface area contributed by atoms with Crippen molar-refractivity contribution in [2.45, 2.75) is 31.6 Å². The maximum absolute atomic E-state index is 11.3. The maximum Gasteiger partial charge on any atom is 0.133 e. The Morgan fingerprint density at radius 2 is 2.07 bits per heavy atom. The van der Waals surface area contributed by atoms with Crippen LogP contribution < -0.4 is 0 Å². The molecular weight excluding hydrogens is 196 g/mol. The normalized spacial score (nSPS) is 22.4. The van der Waals surface area contributed by atoms with E-state index in [4.69, 9.17) is 11.6 Å². The van der Waals surface area contributed by atoms with Gasteiger partial charge in [-0.3, -0.25) is 4.79 Å². The Hall–Kier alpha value is -0.820. The van der Waals surface area contributed by atoms with E-state index in [-0.39, 0.29) is 0 Å². The second kappa shape index (κ2) is 4.14. The number of carbonyl (C=O) groups excluding carboxylic acids is 1. The lowest BCUT2D eigenvalue weighted by atomic mass is 9.83. The van der Waals surface area contributed by atoms with Crippen LogP contribution in [0, 0.1) is 0 Å². The zero-order chi connectivity index (χ0) is 9.97. The Kier molecular flexibility index (Phi) is 2.87. The average molecular weight is 209 g/mol. The average Bonchev–Trinajstić information content (AvgIpc) is 2.18. The molecule has 1 aliphatic carbocycles. The third-order valence-corrected chi connectivity index (χ3v) is 3.17. The molecule has 14 heavy (non-hydrogen) atoms. The molecule has 0 saturated heterocycles. The molecule has 0 radical (unpaired) electrons. The van der Waals surface area contributed by atoms with E-state index < -0.39 is 0 Å². The Labute approximate surface area is 89.1 Å². The fourth-order valence-corrected chi connectivity index (χ4v) is 2.39. The van der Waals surface area contributed by atoms with Gasteiger partial charge in [0.25, 0.3) is 0 Å². The number of rotatable bonds is 1. The highest BCUT2D eigenvalue weighted by molar-refractivity contribution is 6.31. The molecule has 1 fully saturated rings. The minimum absolute atomic E-state index is 0.352. The van der Waals surface area contributed by atoms with Crippen LogP contribution in [-0.2, 0) is 4.79 Å². The summed E-state index contributed by atoms with van der Waals surface area (Å²) in [7, 11) is 0. The fraction of sp³-hybridized carbons (Fsp3) is 0.417. The summed E-state index contributed by atoms with van der Waals surface area (Å²) in [6.45, 7) is 0. The SMILES string of the molecule is O=C1CCC[C@H](c2ccccc2Cl)C1. The lowest BCUT2D eigenvalue weighted by molar-refractivity contribution is -0.120. The van der Waals surface area contributed by atoms with Crippen molar-refractivity contribution >= 4 is 17.4 Å². The highest BCUT2D eigenvalue weighted by Crippen LogP contribution is 2.34. The van der Waals surface area contributed by atoms with E-state index in [1.807, 2.05) is 24.3 Å². The number of carbonyl (C=O) groups is 1. The molecule has 0 aromatic heterocycles. The van der Waals surface area contributed by atoms with Crippen molar-refractivity contribution in [2.24, 2.45) is 0 Å². The third kappa shape index (κ3) is 1.98. The van der Waals surface area contributed by atoms with Gasteiger partial charge in [0.2, 0.25) is 0 Å². The summed E-state index contributed by atoms with van der Waals surface area (Å²) >= 11 is 6.09. The van der Waals surface area contributed by atoms with Crippen LogP contribution >= 0.6 is 11.6 Å². The van der Waals surface area contributed by atoms with Crippen LogP contribution in [0.25, 0.3) is 0 Å². The first-order valence-electron chi connectivity index (χ1n) is 5.03. The van der Waals surface area contributed by atoms with Crippen molar-refractivity contribution in [2.75, 3.05) is 0 Å². The molecule has 74 valence electrons. The molecule has 2 rings (SSSR count). The Morgan fingerprint density at radius 3 is 2.79 bits per heavy atom. The molecule has 0 N–H and O–H groups in total. The standard InChI is InChI=1S/C12H13ClO/c13-12-7-2-1-6-11(12)9-4-3-5-10(14)8-9/h1-2,6-7,9H,3-5,8H2/t9-/m0/s1. The first-order valence-corrected chi connectivity index (χ1v) is 5.41. The molecule has 1 aromatic carbocycles. The van der Waals surface area contributed by atoms with E-state index in [1.54, 1.807) is 0 Å². The number of hydrogen-bond donors (Lipinski definition) is 0. The van der Waals surface area contributed by atoms with E-state index in [0.717, 1.165) is 29.8 Å². The van der Waals surface area contributed by atoms with Gasteiger partial charge in [0.15, 0.2) is 0 Å². The minimum atomic E-state index is 0.352. The second-order valence-electron chi connectivity index (χ2n) is 3.85. The number of halogens is 1. The molecule has 2 heteroatoms. The van der Waals surface area contributed by atoms with Gasteiger partial charge in [-0.15, -0.1) is 0 Å². The van der Waals surface area contributed by atoms with Crippen LogP contribution in [-0.4, -0.2) is 5.78 Å². The van der Waals surface area contributed by atoms with E-state index in [1.165, 1.54) is 0 Å². The van der Waals surface area contributed by atoms with Crippen LogP contribution in [0.3, 0.4) is 0 Å². The first-order chi connectivity index (χ1) is 6.77. The Morgan fingerprint density at radius 1 is 1.29 bits per heavy atom. The van der Waals surface area contributed by atoms with Gasteiger partial charge in [-0.05, 0) is 30.4 Å². The van der Waals surface area contributed by atoms with E-state index in [9.17, 15) is 4.79 Å². The molecule has 0 heterocycles. The highest BCUT2D eigenvalue weighted by Gasteiger charge is 2.22. The van der Waals surface area contributed by atoms with Crippen molar-refractivity contribution in [1.29, 1.82) is 0 Å². The Balaban J connectivity index is 2.22. The highest BCUT2D eigenvalue weighted by atomic mass is 35.5. The Bertz CT molecular complexity index is 346. The predicted molar refractivity (Wildman–Crippen MR) is 57.7 cm³/mol. The molecule has 1 aromatic rings. The molecule has 0 amide bonds. The number of ketones is 1. The molecule has 0 unspecified atom stereocenters. The summed E-state index contributed by atoms with van der Waals surface area (Å²) in [4.78, 5) is 11.3. The molecule has 1 atom stereocenters. The first kappa shape index (κ1) is 9.72. The number of hydrogen-bond acceptors (Lipinski definition) is 1. The molecule has 1 nitrogen and oxygen atoms in total. The summed E-state index contributed by atoms with van der Waals surface area (Å²) in [6.07, 6.45) is 3.52. The zero-order valence-corrected chi connectivity index (χ0v) is 8.76. The molecular formula is C12H13ClO. The predicted octanol–water partition coefficient (Wildman–Crippen LogP) is 3.57. The minimum Gasteiger partial charge on any atom is -0.300 e. The van der Waals surface area contributed by atoms with Gasteiger partial charge in [-0.2, -0.15) is 0 Å². The van der Waals surface area contributed by atoms with Crippen LogP contribution in [0.2, 0.25) is 5.02 Å². The monoisotopic (exact) mass is 208 g/mol. The van der Waals surface area contributed by atoms with Crippen LogP contribution in [0.1, 0.15) is 37.2 Å². The van der Waals surface area contributed by atoms with Crippen LogP contribution in [0.5, 0.6) is 0 Å². The van der Waals surface area contributed by atoms with Gasteiger partial charge in [-0.1, -0.05) is 29.8 Å². The van der Waals surface area contributed by atoms with Crippen molar-refractivity contribution in [1.82, 2.24) is 0 Å². The largest absolute Gasteiger partial charge is 0.300 e. The van der Waals surface area contributed by atoms with Crippen molar-refractivity contribution in [3.05, 3.63) is 34.9 Å². The number of benzene rings is 1. The van der Waals surface area contributed by atoms with Crippen LogP contribution in [0.15, 0.2) is 24.3 Å². The van der Waals surface area contributed by atoms with Crippen molar-refractivity contribution < 1.29 is 4.79 Å². The van der Waals surface area contributed by atoms with Gasteiger partial charge in [0, 0.05) is 17.9 Å². The maximum atomic E-state index is 11.3. The van der Waals surface area contributed by atoms with E-state index in [2.05, 4.69) is 0 Å². The van der Waals surface area contributed by atoms with Crippen molar-refractivity contribution in [3.63, 3.8) is 0 Å². The van der Waals surface area contributed by atoms with Gasteiger partial charge in [-0.25, -0.2) is 0 Å². The molecule has 1 saturated carbocycles. The topological polar surface area (TPSA) is 17.1 Å². The fourth-order valence-electron chi connectivity index (χ4n) is 2.10. The summed E-state index contributed by atoms with van der Waals surface area (Å²) in [5.74, 6) is 0.728. The van der Waals surface area contributed by atoms with Gasteiger partial charge >= 0.3 is 0 Å². The van der Waals surface area contributed by atoms with Gasteiger partial charge in [0.1, 0.15) is 5.78 Å². The molecule has 0 aliphatic heterocycles. The quantitative estimate of drug-likeness (QED) is 0.690. The van der Waals surface area contributed by atoms with Crippen LogP contribution in [0.4, 0.5) is 0 Å². The smallest absolute Gasteiger partial charge is 0.133 e. The summed E-state index contributed by atoms with van der Waals surface area (Å²) < 4.78 is 0. The summed E-state index contributed by atoms with van der Waals surface area (Å²) in [5, 5.41) is 0.798. The van der Waals surface area contributed by atoms with Crippen molar-refractivity contribution in [3.8, 4) is 0 Å². The molecule has 0 spiro atoms. The van der Waals surface area contributed by atoms with Gasteiger partial charge in [0.05, 0.1) is 0 Å². The number of Topliss-reactive ketones (excluding diaryl/α,β-unsaturated/α-hetero) is 1. The zero-order valence-electron chi connectivity index (χ0n) is 8.00. The molecule has 0 bridgehead atoms. The van der Waals surface area contributed by atoms with E-state index >= 15 is 0 Å². The third-order valence-electron chi connectivity index (χ3n) is 2.83. The summed E-state index contributed by atoms with van der Waals surface area (Å²) in [5.41, 5.74) is 1.14. The lowest BCUT2D eigenvalue weighted by Gasteiger charge is -2.21.